The molecule has 5 nitrogen and oxygen atoms in total. The van der Waals surface area contributed by atoms with E-state index in [0.29, 0.717) is 25.2 Å². The van der Waals surface area contributed by atoms with Crippen LogP contribution in [0.2, 0.25) is 0 Å². The zero-order valence-corrected chi connectivity index (χ0v) is 11.9. The first kappa shape index (κ1) is 14.8. The van der Waals surface area contributed by atoms with Gasteiger partial charge >= 0.3 is 0 Å². The topological polar surface area (TPSA) is 60.3 Å². The van der Waals surface area contributed by atoms with Gasteiger partial charge in [0.25, 0.3) is 0 Å². The first-order chi connectivity index (χ1) is 9.69. The van der Waals surface area contributed by atoms with Crippen LogP contribution in [0.4, 0.5) is 0 Å². The Morgan fingerprint density at radius 2 is 2.15 bits per heavy atom. The second kappa shape index (κ2) is 7.24. The maximum Gasteiger partial charge on any atom is 0.240 e. The van der Waals surface area contributed by atoms with Crippen molar-refractivity contribution in [3.05, 3.63) is 24.0 Å². The van der Waals surface area contributed by atoms with Crippen molar-refractivity contribution in [2.24, 2.45) is 0 Å². The van der Waals surface area contributed by atoms with Gasteiger partial charge < -0.3 is 14.6 Å². The standard InChI is InChI=1S/C15H22N2O3/c1-2-3-14(18)12-4-7-17(10-12)11-15(19)16-13-5-8-20-9-6-13/h4,7,10,13H,2-3,5-6,8-9,11H2,1H3,(H,16,19). The molecule has 5 heteroatoms. The number of ketones is 1. The van der Waals surface area contributed by atoms with Gasteiger partial charge in [-0.05, 0) is 25.3 Å². The van der Waals surface area contributed by atoms with E-state index < -0.39 is 0 Å². The van der Waals surface area contributed by atoms with Gasteiger partial charge in [0, 0.05) is 43.6 Å². The van der Waals surface area contributed by atoms with Crippen LogP contribution < -0.4 is 5.32 Å². The molecule has 0 atom stereocenters. The molecule has 2 rings (SSSR count). The zero-order valence-electron chi connectivity index (χ0n) is 11.9. The number of carbonyl (C=O) groups excluding carboxylic acids is 2. The summed E-state index contributed by atoms with van der Waals surface area (Å²) in [6.07, 6.45) is 6.68. The average Bonchev–Trinajstić information content (AvgIpc) is 2.88. The molecule has 0 radical (unpaired) electrons. The molecule has 1 saturated heterocycles. The highest BCUT2D eigenvalue weighted by Crippen LogP contribution is 2.08. The van der Waals surface area contributed by atoms with Crippen molar-refractivity contribution in [2.75, 3.05) is 13.2 Å². The first-order valence-corrected chi connectivity index (χ1v) is 7.25. The van der Waals surface area contributed by atoms with Crippen LogP contribution in [0.15, 0.2) is 18.5 Å². The summed E-state index contributed by atoms with van der Waals surface area (Å²) in [6, 6.07) is 1.99. The van der Waals surface area contributed by atoms with E-state index in [0.717, 1.165) is 19.3 Å². The van der Waals surface area contributed by atoms with Crippen LogP contribution in [0.25, 0.3) is 0 Å². The monoisotopic (exact) mass is 278 g/mol. The fourth-order valence-electron chi connectivity index (χ4n) is 2.36. The van der Waals surface area contributed by atoms with Crippen LogP contribution in [-0.4, -0.2) is 35.5 Å². The van der Waals surface area contributed by atoms with Crippen molar-refractivity contribution >= 4 is 11.7 Å². The number of carbonyl (C=O) groups is 2. The number of rotatable bonds is 6. The average molecular weight is 278 g/mol. The molecule has 0 saturated carbocycles. The summed E-state index contributed by atoms with van der Waals surface area (Å²) in [5, 5.41) is 3.01. The molecular weight excluding hydrogens is 256 g/mol. The van der Waals surface area contributed by atoms with E-state index in [1.54, 1.807) is 23.0 Å². The van der Waals surface area contributed by atoms with Gasteiger partial charge in [-0.2, -0.15) is 0 Å². The summed E-state index contributed by atoms with van der Waals surface area (Å²) in [5.41, 5.74) is 0.686. The van der Waals surface area contributed by atoms with Crippen molar-refractivity contribution in [3.63, 3.8) is 0 Å². The fraction of sp³-hybridized carbons (Fsp3) is 0.600. The molecular formula is C15H22N2O3. The summed E-state index contributed by atoms with van der Waals surface area (Å²) in [4.78, 5) is 23.7. The summed E-state index contributed by atoms with van der Waals surface area (Å²) >= 11 is 0. The smallest absolute Gasteiger partial charge is 0.240 e. The molecule has 0 aliphatic carbocycles. The van der Waals surface area contributed by atoms with Crippen molar-refractivity contribution in [1.29, 1.82) is 0 Å². The highest BCUT2D eigenvalue weighted by atomic mass is 16.5. The van der Waals surface area contributed by atoms with E-state index in [1.807, 2.05) is 6.92 Å². The van der Waals surface area contributed by atoms with Gasteiger partial charge in [-0.1, -0.05) is 6.92 Å². The minimum absolute atomic E-state index is 0.0120. The predicted octanol–water partition coefficient (Wildman–Crippen LogP) is 1.77. The third kappa shape index (κ3) is 4.20. The second-order valence-corrected chi connectivity index (χ2v) is 5.20. The van der Waals surface area contributed by atoms with Crippen molar-refractivity contribution in [3.8, 4) is 0 Å². The highest BCUT2D eigenvalue weighted by molar-refractivity contribution is 5.95. The molecule has 0 bridgehead atoms. The SMILES string of the molecule is CCCC(=O)c1ccn(CC(=O)NC2CCOCC2)c1. The summed E-state index contributed by atoms with van der Waals surface area (Å²) in [7, 11) is 0. The lowest BCUT2D eigenvalue weighted by atomic mass is 10.1. The van der Waals surface area contributed by atoms with E-state index in [1.165, 1.54) is 0 Å². The molecule has 1 aliphatic rings. The number of hydrogen-bond donors (Lipinski definition) is 1. The van der Waals surface area contributed by atoms with Crippen LogP contribution in [0, 0.1) is 0 Å². The van der Waals surface area contributed by atoms with Gasteiger partial charge in [0.1, 0.15) is 6.54 Å². The lowest BCUT2D eigenvalue weighted by Gasteiger charge is -2.23. The summed E-state index contributed by atoms with van der Waals surface area (Å²) < 4.78 is 7.02. The largest absolute Gasteiger partial charge is 0.381 e. The number of aromatic nitrogens is 1. The minimum Gasteiger partial charge on any atom is -0.381 e. The van der Waals surface area contributed by atoms with Gasteiger partial charge in [0.2, 0.25) is 5.91 Å². The minimum atomic E-state index is -0.0120. The predicted molar refractivity (Wildman–Crippen MR) is 75.7 cm³/mol. The Bertz CT molecular complexity index is 461. The summed E-state index contributed by atoms with van der Waals surface area (Å²) in [5.74, 6) is 0.123. The molecule has 1 aromatic heterocycles. The first-order valence-electron chi connectivity index (χ1n) is 7.25. The highest BCUT2D eigenvalue weighted by Gasteiger charge is 2.16. The lowest BCUT2D eigenvalue weighted by Crippen LogP contribution is -2.40. The Hall–Kier alpha value is -1.62. The zero-order chi connectivity index (χ0) is 14.4. The van der Waals surface area contributed by atoms with E-state index in [2.05, 4.69) is 5.32 Å². The number of nitrogens with one attached hydrogen (secondary N) is 1. The quantitative estimate of drug-likeness (QED) is 0.807. The van der Waals surface area contributed by atoms with Gasteiger partial charge in [-0.3, -0.25) is 9.59 Å². The van der Waals surface area contributed by atoms with E-state index in [-0.39, 0.29) is 24.3 Å². The van der Waals surface area contributed by atoms with E-state index >= 15 is 0 Å². The Kier molecular flexibility index (Phi) is 5.35. The molecule has 1 fully saturated rings. The van der Waals surface area contributed by atoms with Crippen LogP contribution >= 0.6 is 0 Å². The number of hydrogen-bond acceptors (Lipinski definition) is 3. The van der Waals surface area contributed by atoms with Gasteiger partial charge in [-0.25, -0.2) is 0 Å². The van der Waals surface area contributed by atoms with Gasteiger partial charge in [0.15, 0.2) is 5.78 Å². The molecule has 1 aromatic rings. The molecule has 2 heterocycles. The van der Waals surface area contributed by atoms with Crippen LogP contribution in [0.5, 0.6) is 0 Å². The van der Waals surface area contributed by atoms with Crippen LogP contribution in [0.1, 0.15) is 43.0 Å². The number of amides is 1. The summed E-state index contributed by atoms with van der Waals surface area (Å²) in [6.45, 7) is 3.67. The maximum absolute atomic E-state index is 11.9. The van der Waals surface area contributed by atoms with Crippen LogP contribution in [-0.2, 0) is 16.1 Å². The molecule has 0 unspecified atom stereocenters. The van der Waals surface area contributed by atoms with Crippen molar-refractivity contribution < 1.29 is 14.3 Å². The van der Waals surface area contributed by atoms with E-state index in [9.17, 15) is 9.59 Å². The molecule has 1 amide bonds. The lowest BCUT2D eigenvalue weighted by molar-refractivity contribution is -0.122. The van der Waals surface area contributed by atoms with Crippen LogP contribution in [0.3, 0.4) is 0 Å². The number of Topliss-reactive ketones (excluding diaryl/α,β-unsaturated/α-hetero) is 1. The fourth-order valence-corrected chi connectivity index (χ4v) is 2.36. The number of nitrogens with zero attached hydrogens (tertiary/aromatic N) is 1. The molecule has 1 N–H and O–H groups in total. The normalized spacial score (nSPS) is 16.1. The Balaban J connectivity index is 1.83. The molecule has 0 spiro atoms. The molecule has 20 heavy (non-hydrogen) atoms. The maximum atomic E-state index is 11.9. The van der Waals surface area contributed by atoms with Gasteiger partial charge in [-0.15, -0.1) is 0 Å². The van der Waals surface area contributed by atoms with Gasteiger partial charge in [0.05, 0.1) is 0 Å². The molecule has 0 aromatic carbocycles. The van der Waals surface area contributed by atoms with Crippen molar-refractivity contribution in [1.82, 2.24) is 9.88 Å². The number of ether oxygens (including phenoxy) is 1. The molecule has 110 valence electrons. The Labute approximate surface area is 119 Å². The van der Waals surface area contributed by atoms with E-state index in [4.69, 9.17) is 4.74 Å². The molecule has 1 aliphatic heterocycles. The Morgan fingerprint density at radius 1 is 1.40 bits per heavy atom. The second-order valence-electron chi connectivity index (χ2n) is 5.20. The third-order valence-electron chi connectivity index (χ3n) is 3.46. The van der Waals surface area contributed by atoms with Crippen molar-refractivity contribution in [2.45, 2.75) is 45.2 Å². The third-order valence-corrected chi connectivity index (χ3v) is 3.46. The Morgan fingerprint density at radius 3 is 2.85 bits per heavy atom.